The van der Waals surface area contributed by atoms with Gasteiger partial charge in [0.05, 0.1) is 6.10 Å². The molecule has 1 heteroatoms. The second-order valence-electron chi connectivity index (χ2n) is 14.2. The Morgan fingerprint density at radius 1 is 0.914 bits per heavy atom. The summed E-state index contributed by atoms with van der Waals surface area (Å²) in [5.41, 5.74) is 3.48. The van der Waals surface area contributed by atoms with Crippen LogP contribution in [-0.2, 0) is 0 Å². The van der Waals surface area contributed by atoms with E-state index in [0.717, 1.165) is 48.3 Å². The number of hydrogen-bond acceptors (Lipinski definition) is 1. The van der Waals surface area contributed by atoms with Crippen LogP contribution in [0.15, 0.2) is 35.9 Å². The highest BCUT2D eigenvalue weighted by Gasteiger charge is 2.60. The van der Waals surface area contributed by atoms with Crippen LogP contribution in [0.4, 0.5) is 0 Å². The zero-order valence-corrected chi connectivity index (χ0v) is 23.3. The number of benzene rings is 1. The van der Waals surface area contributed by atoms with Gasteiger partial charge in [0.2, 0.25) is 0 Å². The Labute approximate surface area is 216 Å². The van der Waals surface area contributed by atoms with Gasteiger partial charge in [0, 0.05) is 0 Å². The lowest BCUT2D eigenvalue weighted by atomic mass is 9.44. The summed E-state index contributed by atoms with van der Waals surface area (Å²) in [7, 11) is 0. The number of rotatable bonds is 6. The normalized spacial score (nSPS) is 43.0. The first-order valence-electron chi connectivity index (χ1n) is 15.2. The van der Waals surface area contributed by atoms with Gasteiger partial charge in [-0.3, -0.25) is 0 Å². The Morgan fingerprint density at radius 3 is 2.40 bits per heavy atom. The number of aliphatic hydroxyl groups is 1. The Balaban J connectivity index is 1.33. The van der Waals surface area contributed by atoms with E-state index in [2.05, 4.69) is 71.0 Å². The van der Waals surface area contributed by atoms with Crippen molar-refractivity contribution in [3.05, 3.63) is 41.5 Å². The monoisotopic (exact) mass is 476 g/mol. The molecule has 1 N–H and O–H groups in total. The quantitative estimate of drug-likeness (QED) is 0.434. The maximum Gasteiger partial charge on any atom is 0.0756 e. The average molecular weight is 477 g/mol. The predicted molar refractivity (Wildman–Crippen MR) is 149 cm³/mol. The minimum absolute atomic E-state index is 0.249. The van der Waals surface area contributed by atoms with Gasteiger partial charge >= 0.3 is 0 Å². The molecule has 0 amide bonds. The molecular weight excluding hydrogens is 424 g/mol. The van der Waals surface area contributed by atoms with Crippen molar-refractivity contribution in [2.45, 2.75) is 111 Å². The van der Waals surface area contributed by atoms with Gasteiger partial charge in [0.15, 0.2) is 0 Å². The van der Waals surface area contributed by atoms with Crippen LogP contribution < -0.4 is 0 Å². The topological polar surface area (TPSA) is 20.2 Å². The van der Waals surface area contributed by atoms with Gasteiger partial charge in [-0.25, -0.2) is 0 Å². The van der Waals surface area contributed by atoms with Crippen LogP contribution in [0.25, 0.3) is 6.08 Å². The summed E-state index contributed by atoms with van der Waals surface area (Å²) in [6.45, 7) is 12.7. The highest BCUT2D eigenvalue weighted by Crippen LogP contribution is 2.68. The Bertz CT molecular complexity index is 885. The van der Waals surface area contributed by atoms with E-state index >= 15 is 0 Å². The van der Waals surface area contributed by atoms with Gasteiger partial charge < -0.3 is 5.11 Å². The molecule has 4 saturated carbocycles. The average Bonchev–Trinajstić information content (AvgIpc) is 3.18. The van der Waals surface area contributed by atoms with E-state index in [4.69, 9.17) is 0 Å². The molecule has 4 aliphatic rings. The van der Waals surface area contributed by atoms with Crippen molar-refractivity contribution < 1.29 is 5.11 Å². The summed E-state index contributed by atoms with van der Waals surface area (Å²) >= 11 is 0. The Morgan fingerprint density at radius 2 is 1.66 bits per heavy atom. The molecule has 1 aromatic carbocycles. The van der Waals surface area contributed by atoms with Gasteiger partial charge in [-0.05, 0) is 115 Å². The standard InChI is InChI=1S/C34H52O/c1-23(2)10-9-11-24(3)29-16-17-30-28-15-14-27-21-32(35)26(20-25-12-7-6-8-13-25)22-34(27,5)31(28)18-19-33(29,30)4/h6-8,12-13,20,23-24,27-32,35H,9-11,14-19,21-22H2,1-5H3/b26-20-/t24-,27+,28+,29+,30-,31+,32+,33+,34+/m1/s1. The van der Waals surface area contributed by atoms with Crippen molar-refractivity contribution in [1.82, 2.24) is 0 Å². The van der Waals surface area contributed by atoms with Crippen LogP contribution in [0.1, 0.15) is 111 Å². The molecule has 0 bridgehead atoms. The van der Waals surface area contributed by atoms with E-state index < -0.39 is 0 Å². The van der Waals surface area contributed by atoms with Gasteiger partial charge in [-0.2, -0.15) is 0 Å². The molecule has 0 spiro atoms. The van der Waals surface area contributed by atoms with Crippen molar-refractivity contribution in [1.29, 1.82) is 0 Å². The highest BCUT2D eigenvalue weighted by molar-refractivity contribution is 5.54. The molecule has 4 fully saturated rings. The molecule has 35 heavy (non-hydrogen) atoms. The van der Waals surface area contributed by atoms with Crippen molar-refractivity contribution >= 4 is 6.08 Å². The number of aliphatic hydroxyl groups excluding tert-OH is 1. The molecule has 0 aromatic heterocycles. The van der Waals surface area contributed by atoms with Crippen LogP contribution in [0.5, 0.6) is 0 Å². The van der Waals surface area contributed by atoms with Crippen molar-refractivity contribution in [2.75, 3.05) is 0 Å². The lowest BCUT2D eigenvalue weighted by molar-refractivity contribution is -0.117. The molecular formula is C34H52O. The summed E-state index contributed by atoms with van der Waals surface area (Å²) in [4.78, 5) is 0. The largest absolute Gasteiger partial charge is 0.389 e. The molecule has 0 radical (unpaired) electrons. The summed E-state index contributed by atoms with van der Waals surface area (Å²) in [6, 6.07) is 10.7. The van der Waals surface area contributed by atoms with Gasteiger partial charge in [-0.1, -0.05) is 90.3 Å². The van der Waals surface area contributed by atoms with E-state index in [9.17, 15) is 5.11 Å². The summed E-state index contributed by atoms with van der Waals surface area (Å²) in [5.74, 6) is 6.06. The van der Waals surface area contributed by atoms with E-state index in [0.29, 0.717) is 16.7 Å². The maximum atomic E-state index is 11.1. The highest BCUT2D eigenvalue weighted by atomic mass is 16.3. The van der Waals surface area contributed by atoms with Crippen LogP contribution in [0.2, 0.25) is 0 Å². The number of hydrogen-bond donors (Lipinski definition) is 1. The zero-order valence-electron chi connectivity index (χ0n) is 23.3. The van der Waals surface area contributed by atoms with Crippen molar-refractivity contribution in [3.63, 3.8) is 0 Å². The van der Waals surface area contributed by atoms with E-state index in [1.165, 1.54) is 68.9 Å². The third kappa shape index (κ3) is 4.69. The molecule has 5 rings (SSSR count). The van der Waals surface area contributed by atoms with Gasteiger partial charge in [-0.15, -0.1) is 0 Å². The van der Waals surface area contributed by atoms with Crippen LogP contribution in [0, 0.1) is 52.3 Å². The van der Waals surface area contributed by atoms with Crippen LogP contribution in [0.3, 0.4) is 0 Å². The van der Waals surface area contributed by atoms with E-state index in [-0.39, 0.29) is 6.10 Å². The van der Waals surface area contributed by atoms with Crippen molar-refractivity contribution in [2.24, 2.45) is 52.3 Å². The lowest BCUT2D eigenvalue weighted by Gasteiger charge is -2.61. The summed E-state index contributed by atoms with van der Waals surface area (Å²) in [6.07, 6.45) is 17.0. The summed E-state index contributed by atoms with van der Waals surface area (Å²) in [5, 5.41) is 11.1. The molecule has 0 unspecified atom stereocenters. The van der Waals surface area contributed by atoms with Crippen molar-refractivity contribution in [3.8, 4) is 0 Å². The second-order valence-corrected chi connectivity index (χ2v) is 14.2. The predicted octanol–water partition coefficient (Wildman–Crippen LogP) is 9.16. The minimum atomic E-state index is -0.249. The minimum Gasteiger partial charge on any atom is -0.389 e. The van der Waals surface area contributed by atoms with Gasteiger partial charge in [0.1, 0.15) is 0 Å². The first kappa shape index (κ1) is 25.6. The molecule has 0 heterocycles. The SMILES string of the molecule is CC(C)CCC[C@@H](C)[C@@H]1CC[C@@H]2[C@@H]3CC[C@H]4C[C@H](O)/C(=C\c5ccccc5)C[C@]4(C)[C@H]3CC[C@]21C. The first-order chi connectivity index (χ1) is 16.7. The molecule has 0 saturated heterocycles. The molecule has 0 aliphatic heterocycles. The third-order valence-electron chi connectivity index (χ3n) is 11.9. The summed E-state index contributed by atoms with van der Waals surface area (Å²) < 4.78 is 0. The molecule has 194 valence electrons. The number of fused-ring (bicyclic) bond motifs is 5. The first-order valence-corrected chi connectivity index (χ1v) is 15.2. The zero-order chi connectivity index (χ0) is 24.8. The molecule has 1 nitrogen and oxygen atoms in total. The smallest absolute Gasteiger partial charge is 0.0756 e. The van der Waals surface area contributed by atoms with Gasteiger partial charge in [0.25, 0.3) is 0 Å². The fourth-order valence-electron chi connectivity index (χ4n) is 10.1. The third-order valence-corrected chi connectivity index (χ3v) is 11.9. The van der Waals surface area contributed by atoms with E-state index in [1.54, 1.807) is 0 Å². The lowest BCUT2D eigenvalue weighted by Crippen LogP contribution is -2.54. The molecule has 4 aliphatic carbocycles. The Hall–Kier alpha value is -1.08. The van der Waals surface area contributed by atoms with Crippen LogP contribution >= 0.6 is 0 Å². The second kappa shape index (κ2) is 10.00. The fourth-order valence-corrected chi connectivity index (χ4v) is 10.1. The Kier molecular flexibility index (Phi) is 7.30. The van der Waals surface area contributed by atoms with E-state index in [1.807, 2.05) is 0 Å². The fraction of sp³-hybridized carbons (Fsp3) is 0.765. The van der Waals surface area contributed by atoms with Crippen LogP contribution in [-0.4, -0.2) is 11.2 Å². The maximum absolute atomic E-state index is 11.1. The molecule has 9 atom stereocenters. The molecule has 1 aromatic rings.